The molecule has 1 unspecified atom stereocenters. The van der Waals surface area contributed by atoms with Crippen LogP contribution in [0.2, 0.25) is 5.02 Å². The second-order valence-corrected chi connectivity index (χ2v) is 4.64. The summed E-state index contributed by atoms with van der Waals surface area (Å²) in [6.45, 7) is 2.01. The number of hydrogen-bond donors (Lipinski definition) is 1. The lowest BCUT2D eigenvalue weighted by Gasteiger charge is -2.15. The lowest BCUT2D eigenvalue weighted by Crippen LogP contribution is -2.09. The zero-order valence-corrected chi connectivity index (χ0v) is 11.3. The van der Waals surface area contributed by atoms with Crippen LogP contribution in [0.1, 0.15) is 24.9 Å². The molecule has 100 valence electrons. The van der Waals surface area contributed by atoms with Gasteiger partial charge in [-0.15, -0.1) is 0 Å². The van der Waals surface area contributed by atoms with E-state index in [9.17, 15) is 4.39 Å². The van der Waals surface area contributed by atoms with Gasteiger partial charge in [-0.3, -0.25) is 0 Å². The molecule has 4 heteroatoms. The van der Waals surface area contributed by atoms with Crippen LogP contribution in [0.4, 0.5) is 4.39 Å². The highest BCUT2D eigenvalue weighted by molar-refractivity contribution is 6.30. The highest BCUT2D eigenvalue weighted by Gasteiger charge is 2.11. The Kier molecular flexibility index (Phi) is 4.40. The van der Waals surface area contributed by atoms with E-state index in [0.29, 0.717) is 11.5 Å². The van der Waals surface area contributed by atoms with Gasteiger partial charge in [0.05, 0.1) is 5.02 Å². The van der Waals surface area contributed by atoms with Crippen molar-refractivity contribution in [3.05, 3.63) is 58.9 Å². The van der Waals surface area contributed by atoms with Crippen molar-refractivity contribution in [1.29, 1.82) is 0 Å². The maximum absolute atomic E-state index is 13.1. The van der Waals surface area contributed by atoms with E-state index in [4.69, 9.17) is 22.1 Å². The lowest BCUT2D eigenvalue weighted by atomic mass is 10.0. The van der Waals surface area contributed by atoms with Crippen molar-refractivity contribution < 1.29 is 9.13 Å². The molecule has 0 fully saturated rings. The molecule has 0 aliphatic rings. The number of rotatable bonds is 4. The van der Waals surface area contributed by atoms with E-state index in [0.717, 1.165) is 12.0 Å². The van der Waals surface area contributed by atoms with Crippen molar-refractivity contribution in [2.24, 2.45) is 5.73 Å². The van der Waals surface area contributed by atoms with Gasteiger partial charge in [-0.25, -0.2) is 4.39 Å². The zero-order valence-electron chi connectivity index (χ0n) is 10.6. The lowest BCUT2D eigenvalue weighted by molar-refractivity contribution is 0.467. The summed E-state index contributed by atoms with van der Waals surface area (Å²) in [7, 11) is 0. The molecule has 0 spiro atoms. The Balaban J connectivity index is 2.30. The average Bonchev–Trinajstić information content (AvgIpc) is 2.43. The third-order valence-corrected chi connectivity index (χ3v) is 3.17. The van der Waals surface area contributed by atoms with Crippen molar-refractivity contribution >= 4 is 11.6 Å². The van der Waals surface area contributed by atoms with Gasteiger partial charge < -0.3 is 10.5 Å². The minimum atomic E-state index is -0.465. The van der Waals surface area contributed by atoms with Gasteiger partial charge in [0.1, 0.15) is 17.3 Å². The first-order valence-corrected chi connectivity index (χ1v) is 6.47. The molecule has 0 aromatic heterocycles. The fraction of sp³-hybridized carbons (Fsp3) is 0.200. The van der Waals surface area contributed by atoms with Crippen LogP contribution in [-0.2, 0) is 0 Å². The molecule has 1 atom stereocenters. The normalized spacial score (nSPS) is 12.2. The highest BCUT2D eigenvalue weighted by atomic mass is 35.5. The standard InChI is InChI=1S/C15H15ClFNO/c1-2-14(18)11-5-3-4-6-15(11)19-10-7-8-13(17)12(16)9-10/h3-9,14H,2,18H2,1H3. The monoisotopic (exact) mass is 279 g/mol. The minimum absolute atomic E-state index is 0.0368. The predicted molar refractivity (Wildman–Crippen MR) is 75.1 cm³/mol. The molecule has 0 aliphatic carbocycles. The highest BCUT2D eigenvalue weighted by Crippen LogP contribution is 2.31. The van der Waals surface area contributed by atoms with E-state index in [1.165, 1.54) is 18.2 Å². The summed E-state index contributed by atoms with van der Waals surface area (Å²) >= 11 is 5.73. The first-order chi connectivity index (χ1) is 9.11. The third-order valence-electron chi connectivity index (χ3n) is 2.88. The van der Waals surface area contributed by atoms with Crippen LogP contribution in [0.15, 0.2) is 42.5 Å². The molecule has 0 heterocycles. The minimum Gasteiger partial charge on any atom is -0.457 e. The maximum atomic E-state index is 13.1. The Labute approximate surface area is 117 Å². The van der Waals surface area contributed by atoms with E-state index >= 15 is 0 Å². The van der Waals surface area contributed by atoms with Crippen molar-refractivity contribution in [2.75, 3.05) is 0 Å². The predicted octanol–water partition coefficient (Wildman–Crippen LogP) is 4.68. The van der Waals surface area contributed by atoms with Gasteiger partial charge in [0.15, 0.2) is 0 Å². The molecule has 0 saturated heterocycles. The summed E-state index contributed by atoms with van der Waals surface area (Å²) in [5.74, 6) is 0.689. The summed E-state index contributed by atoms with van der Waals surface area (Å²) in [4.78, 5) is 0. The second-order valence-electron chi connectivity index (χ2n) is 4.23. The van der Waals surface area contributed by atoms with Gasteiger partial charge in [0.25, 0.3) is 0 Å². The van der Waals surface area contributed by atoms with Crippen molar-refractivity contribution in [1.82, 2.24) is 0 Å². The molecule has 2 aromatic carbocycles. The van der Waals surface area contributed by atoms with Gasteiger partial charge in [0, 0.05) is 17.7 Å². The molecule has 0 aliphatic heterocycles. The summed E-state index contributed by atoms with van der Waals surface area (Å²) in [6, 6.07) is 11.7. The fourth-order valence-electron chi connectivity index (χ4n) is 1.77. The first-order valence-electron chi connectivity index (χ1n) is 6.09. The second kappa shape index (κ2) is 6.04. The molecule has 19 heavy (non-hydrogen) atoms. The number of nitrogens with two attached hydrogens (primary N) is 1. The fourth-order valence-corrected chi connectivity index (χ4v) is 1.94. The molecule has 2 rings (SSSR count). The number of hydrogen-bond acceptors (Lipinski definition) is 2. The number of ether oxygens (including phenoxy) is 1. The van der Waals surface area contributed by atoms with E-state index in [1.807, 2.05) is 31.2 Å². The van der Waals surface area contributed by atoms with E-state index in [2.05, 4.69) is 0 Å². The Bertz CT molecular complexity index is 574. The van der Waals surface area contributed by atoms with Gasteiger partial charge >= 0.3 is 0 Å². The molecular weight excluding hydrogens is 265 g/mol. The zero-order chi connectivity index (χ0) is 13.8. The Hall–Kier alpha value is -1.58. The molecule has 2 nitrogen and oxygen atoms in total. The van der Waals surface area contributed by atoms with Crippen molar-refractivity contribution in [3.8, 4) is 11.5 Å². The Morgan fingerprint density at radius 1 is 1.26 bits per heavy atom. The van der Waals surface area contributed by atoms with Crippen molar-refractivity contribution in [2.45, 2.75) is 19.4 Å². The first kappa shape index (κ1) is 13.8. The van der Waals surface area contributed by atoms with Crippen LogP contribution < -0.4 is 10.5 Å². The van der Waals surface area contributed by atoms with Gasteiger partial charge in [-0.1, -0.05) is 36.7 Å². The summed E-state index contributed by atoms with van der Waals surface area (Å²) in [5, 5.41) is 0.0368. The van der Waals surface area contributed by atoms with Crippen LogP contribution in [0, 0.1) is 5.82 Å². The quantitative estimate of drug-likeness (QED) is 0.882. The van der Waals surface area contributed by atoms with E-state index in [-0.39, 0.29) is 11.1 Å². The van der Waals surface area contributed by atoms with Gasteiger partial charge in [0.2, 0.25) is 0 Å². The van der Waals surface area contributed by atoms with E-state index in [1.54, 1.807) is 0 Å². The molecule has 0 bridgehead atoms. The van der Waals surface area contributed by atoms with Crippen LogP contribution in [0.5, 0.6) is 11.5 Å². The molecule has 2 N–H and O–H groups in total. The molecular formula is C15H15ClFNO. The average molecular weight is 280 g/mol. The third kappa shape index (κ3) is 3.25. The van der Waals surface area contributed by atoms with Crippen LogP contribution in [-0.4, -0.2) is 0 Å². The van der Waals surface area contributed by atoms with Gasteiger partial charge in [-0.05, 0) is 24.6 Å². The maximum Gasteiger partial charge on any atom is 0.142 e. The number of benzene rings is 2. The summed E-state index contributed by atoms with van der Waals surface area (Å²) < 4.78 is 18.8. The molecule has 0 amide bonds. The Morgan fingerprint density at radius 2 is 2.00 bits per heavy atom. The molecule has 2 aromatic rings. The SMILES string of the molecule is CCC(N)c1ccccc1Oc1ccc(F)c(Cl)c1. The van der Waals surface area contributed by atoms with Crippen LogP contribution in [0.3, 0.4) is 0 Å². The van der Waals surface area contributed by atoms with Crippen LogP contribution >= 0.6 is 11.6 Å². The molecule has 0 saturated carbocycles. The smallest absolute Gasteiger partial charge is 0.142 e. The van der Waals surface area contributed by atoms with E-state index < -0.39 is 5.82 Å². The van der Waals surface area contributed by atoms with Gasteiger partial charge in [-0.2, -0.15) is 0 Å². The Morgan fingerprint density at radius 3 is 2.68 bits per heavy atom. The number of para-hydroxylation sites is 1. The number of halogens is 2. The van der Waals surface area contributed by atoms with Crippen molar-refractivity contribution in [3.63, 3.8) is 0 Å². The largest absolute Gasteiger partial charge is 0.457 e. The summed E-state index contributed by atoms with van der Waals surface area (Å²) in [5.41, 5.74) is 6.96. The molecule has 0 radical (unpaired) electrons. The topological polar surface area (TPSA) is 35.2 Å². The van der Waals surface area contributed by atoms with Crippen LogP contribution in [0.25, 0.3) is 0 Å². The summed E-state index contributed by atoms with van der Waals surface area (Å²) in [6.07, 6.45) is 0.810.